The molecule has 1 aromatic carbocycles. The number of halogens is 1. The molecule has 80 valence electrons. The number of hydrogen-bond donors (Lipinski definition) is 0. The number of benzene rings is 1. The van der Waals surface area contributed by atoms with Crippen LogP contribution >= 0.6 is 12.4 Å². The molecule has 14 heavy (non-hydrogen) atoms. The molecule has 0 spiro atoms. The molecular formula is C8H12ClNO3S. The normalized spacial score (nSPS) is 10.8. The van der Waals surface area contributed by atoms with Crippen molar-refractivity contribution >= 4 is 22.7 Å². The molecule has 0 heterocycles. The van der Waals surface area contributed by atoms with E-state index in [2.05, 4.69) is 0 Å². The van der Waals surface area contributed by atoms with Crippen LogP contribution in [0.2, 0.25) is 0 Å². The summed E-state index contributed by atoms with van der Waals surface area (Å²) in [6.07, 6.45) is 0. The molecule has 0 atom stereocenters. The average Bonchev–Trinajstić information content (AvgIpc) is 2.05. The Morgan fingerprint density at radius 3 is 2.07 bits per heavy atom. The zero-order chi connectivity index (χ0) is 9.90. The van der Waals surface area contributed by atoms with E-state index in [1.165, 1.54) is 14.1 Å². The van der Waals surface area contributed by atoms with Gasteiger partial charge in [-0.05, 0) is 12.1 Å². The molecule has 0 amide bonds. The largest absolute Gasteiger partial charge is 0.384 e. The topological polar surface area (TPSA) is 46.6 Å². The van der Waals surface area contributed by atoms with Crippen molar-refractivity contribution < 1.29 is 12.6 Å². The summed E-state index contributed by atoms with van der Waals surface area (Å²) in [5.74, 6) is 0.316. The van der Waals surface area contributed by atoms with Crippen molar-refractivity contribution in [1.29, 1.82) is 0 Å². The zero-order valence-corrected chi connectivity index (χ0v) is 9.51. The first-order chi connectivity index (χ1) is 6.02. The van der Waals surface area contributed by atoms with Gasteiger partial charge in [0.05, 0.1) is 0 Å². The fourth-order valence-corrected chi connectivity index (χ4v) is 1.18. The predicted octanol–water partition coefficient (Wildman–Crippen LogP) is 1.29. The number of rotatable bonds is 3. The van der Waals surface area contributed by atoms with Crippen molar-refractivity contribution in [3.63, 3.8) is 0 Å². The molecule has 0 radical (unpaired) electrons. The summed E-state index contributed by atoms with van der Waals surface area (Å²) in [4.78, 5) is 0. The molecule has 6 heteroatoms. The van der Waals surface area contributed by atoms with E-state index in [-0.39, 0.29) is 12.4 Å². The lowest BCUT2D eigenvalue weighted by molar-refractivity contribution is 0.421. The lowest BCUT2D eigenvalue weighted by Crippen LogP contribution is -2.26. The van der Waals surface area contributed by atoms with Gasteiger partial charge in [0.2, 0.25) is 0 Å². The SMILES string of the molecule is CN(C)S(=O)(=O)Oc1ccccc1.Cl. The minimum absolute atomic E-state index is 0. The van der Waals surface area contributed by atoms with Crippen LogP contribution in [0.15, 0.2) is 30.3 Å². The first-order valence-corrected chi connectivity index (χ1v) is 5.06. The van der Waals surface area contributed by atoms with E-state index in [1.54, 1.807) is 30.3 Å². The maximum absolute atomic E-state index is 11.2. The van der Waals surface area contributed by atoms with Gasteiger partial charge in [0.1, 0.15) is 5.75 Å². The summed E-state index contributed by atoms with van der Waals surface area (Å²) >= 11 is 0. The molecule has 0 aromatic heterocycles. The summed E-state index contributed by atoms with van der Waals surface area (Å²) in [7, 11) is -0.788. The van der Waals surface area contributed by atoms with Crippen molar-refractivity contribution in [2.24, 2.45) is 0 Å². The minimum atomic E-state index is -3.62. The Bertz CT molecular complexity index is 363. The van der Waals surface area contributed by atoms with Gasteiger partial charge in [-0.25, -0.2) is 0 Å². The van der Waals surface area contributed by atoms with Crippen LogP contribution in [0.5, 0.6) is 5.75 Å². The molecule has 0 unspecified atom stereocenters. The Balaban J connectivity index is 0.00000169. The number of nitrogens with zero attached hydrogens (tertiary/aromatic N) is 1. The Kier molecular flexibility index (Phi) is 4.90. The summed E-state index contributed by atoms with van der Waals surface area (Å²) in [6, 6.07) is 8.37. The highest BCUT2D eigenvalue weighted by molar-refractivity contribution is 7.84. The summed E-state index contributed by atoms with van der Waals surface area (Å²) in [5.41, 5.74) is 0. The van der Waals surface area contributed by atoms with E-state index < -0.39 is 10.3 Å². The standard InChI is InChI=1S/C8H11NO3S.ClH/c1-9(2)13(10,11)12-8-6-4-3-5-7-8;/h3-7H,1-2H3;1H. The third kappa shape index (κ3) is 3.53. The molecular weight excluding hydrogens is 226 g/mol. The fraction of sp³-hybridized carbons (Fsp3) is 0.250. The van der Waals surface area contributed by atoms with Gasteiger partial charge in [-0.2, -0.15) is 12.7 Å². The number of para-hydroxylation sites is 1. The summed E-state index contributed by atoms with van der Waals surface area (Å²) in [5, 5.41) is 0. The summed E-state index contributed by atoms with van der Waals surface area (Å²) < 4.78 is 28.2. The molecule has 0 saturated carbocycles. The molecule has 0 bridgehead atoms. The lowest BCUT2D eigenvalue weighted by atomic mass is 10.3. The highest BCUT2D eigenvalue weighted by atomic mass is 35.5. The third-order valence-corrected chi connectivity index (χ3v) is 2.69. The van der Waals surface area contributed by atoms with E-state index in [9.17, 15) is 8.42 Å². The van der Waals surface area contributed by atoms with Gasteiger partial charge in [0.15, 0.2) is 0 Å². The molecule has 4 nitrogen and oxygen atoms in total. The highest BCUT2D eigenvalue weighted by Gasteiger charge is 2.14. The van der Waals surface area contributed by atoms with Gasteiger partial charge in [-0.3, -0.25) is 0 Å². The lowest BCUT2D eigenvalue weighted by Gasteiger charge is -2.11. The van der Waals surface area contributed by atoms with Gasteiger partial charge in [-0.15, -0.1) is 12.4 Å². The van der Waals surface area contributed by atoms with E-state index in [4.69, 9.17) is 4.18 Å². The van der Waals surface area contributed by atoms with Crippen LogP contribution in [-0.2, 0) is 10.3 Å². The molecule has 0 saturated heterocycles. The van der Waals surface area contributed by atoms with Gasteiger partial charge >= 0.3 is 10.3 Å². The fourth-order valence-electron chi connectivity index (χ4n) is 0.672. The Labute approximate surface area is 90.2 Å². The molecule has 0 aliphatic heterocycles. The maximum Gasteiger partial charge on any atom is 0.384 e. The molecule has 0 N–H and O–H groups in total. The first kappa shape index (κ1) is 13.2. The molecule has 1 aromatic rings. The minimum Gasteiger partial charge on any atom is -0.371 e. The molecule has 0 aliphatic carbocycles. The first-order valence-electron chi connectivity index (χ1n) is 3.69. The average molecular weight is 238 g/mol. The van der Waals surface area contributed by atoms with Crippen LogP contribution in [0, 0.1) is 0 Å². The van der Waals surface area contributed by atoms with Crippen molar-refractivity contribution in [2.75, 3.05) is 14.1 Å². The van der Waals surface area contributed by atoms with Gasteiger partial charge in [-0.1, -0.05) is 18.2 Å². The smallest absolute Gasteiger partial charge is 0.371 e. The van der Waals surface area contributed by atoms with E-state index >= 15 is 0 Å². The number of hydrogen-bond acceptors (Lipinski definition) is 3. The van der Waals surface area contributed by atoms with Gasteiger partial charge in [0, 0.05) is 14.1 Å². The van der Waals surface area contributed by atoms with E-state index in [0.717, 1.165) is 4.31 Å². The van der Waals surface area contributed by atoms with Gasteiger partial charge in [0.25, 0.3) is 0 Å². The second-order valence-corrected chi connectivity index (χ2v) is 4.39. The zero-order valence-electron chi connectivity index (χ0n) is 7.88. The second kappa shape index (κ2) is 5.19. The van der Waals surface area contributed by atoms with Crippen LogP contribution in [0.1, 0.15) is 0 Å². The molecule has 0 fully saturated rings. The predicted molar refractivity (Wildman–Crippen MR) is 56.9 cm³/mol. The second-order valence-electron chi connectivity index (χ2n) is 2.64. The van der Waals surface area contributed by atoms with Crippen molar-refractivity contribution in [3.05, 3.63) is 30.3 Å². The van der Waals surface area contributed by atoms with Crippen molar-refractivity contribution in [3.8, 4) is 5.75 Å². The molecule has 0 aliphatic rings. The van der Waals surface area contributed by atoms with Crippen LogP contribution in [-0.4, -0.2) is 26.8 Å². The highest BCUT2D eigenvalue weighted by Crippen LogP contribution is 2.12. The molecule has 1 rings (SSSR count). The maximum atomic E-state index is 11.2. The quantitative estimate of drug-likeness (QED) is 0.796. The van der Waals surface area contributed by atoms with E-state index in [0.29, 0.717) is 5.75 Å². The van der Waals surface area contributed by atoms with E-state index in [1.807, 2.05) is 0 Å². The Morgan fingerprint density at radius 2 is 1.64 bits per heavy atom. The van der Waals surface area contributed by atoms with Crippen molar-refractivity contribution in [1.82, 2.24) is 4.31 Å². The van der Waals surface area contributed by atoms with Crippen molar-refractivity contribution in [2.45, 2.75) is 0 Å². The monoisotopic (exact) mass is 237 g/mol. The third-order valence-electron chi connectivity index (χ3n) is 1.39. The van der Waals surface area contributed by atoms with Crippen LogP contribution < -0.4 is 4.18 Å². The Hall–Kier alpha value is -0.780. The van der Waals surface area contributed by atoms with Gasteiger partial charge < -0.3 is 4.18 Å². The summed E-state index contributed by atoms with van der Waals surface area (Å²) in [6.45, 7) is 0. The van der Waals surface area contributed by atoms with Crippen LogP contribution in [0.3, 0.4) is 0 Å². The Morgan fingerprint density at radius 1 is 1.14 bits per heavy atom. The van der Waals surface area contributed by atoms with Crippen LogP contribution in [0.4, 0.5) is 0 Å². The van der Waals surface area contributed by atoms with Crippen LogP contribution in [0.25, 0.3) is 0 Å².